The van der Waals surface area contributed by atoms with Gasteiger partial charge in [0, 0.05) is 18.7 Å². The van der Waals surface area contributed by atoms with Crippen LogP contribution in [0.4, 0.5) is 14.9 Å². The summed E-state index contributed by atoms with van der Waals surface area (Å²) in [6, 6.07) is 2.21. The number of carboxylic acids is 1. The van der Waals surface area contributed by atoms with Crippen molar-refractivity contribution < 1.29 is 24.2 Å². The van der Waals surface area contributed by atoms with E-state index in [0.717, 1.165) is 11.0 Å². The number of rotatable bonds is 2. The summed E-state index contributed by atoms with van der Waals surface area (Å²) in [5.74, 6) is -1.67. The monoisotopic (exact) mass is 282 g/mol. The van der Waals surface area contributed by atoms with Gasteiger partial charge in [-0.3, -0.25) is 0 Å². The summed E-state index contributed by atoms with van der Waals surface area (Å²) in [6.07, 6.45) is -0.874. The van der Waals surface area contributed by atoms with Crippen molar-refractivity contribution in [1.29, 1.82) is 0 Å². The highest BCUT2D eigenvalue weighted by Crippen LogP contribution is 2.21. The summed E-state index contributed by atoms with van der Waals surface area (Å²) in [4.78, 5) is 24.1. The minimum Gasteiger partial charge on any atom is -0.480 e. The number of hydrogen-bond donors (Lipinski definition) is 3. The Kier molecular flexibility index (Phi) is 3.89. The van der Waals surface area contributed by atoms with Gasteiger partial charge in [0.05, 0.1) is 6.10 Å². The Morgan fingerprint density at radius 1 is 1.45 bits per heavy atom. The molecule has 0 radical (unpaired) electrons. The number of aryl methyl sites for hydroxylation is 1. The van der Waals surface area contributed by atoms with E-state index in [4.69, 9.17) is 5.11 Å². The number of benzene rings is 1. The van der Waals surface area contributed by atoms with Crippen LogP contribution in [-0.4, -0.2) is 45.8 Å². The van der Waals surface area contributed by atoms with Crippen molar-refractivity contribution in [2.24, 2.45) is 0 Å². The number of amides is 2. The molecule has 1 aromatic carbocycles. The average Bonchev–Trinajstić information content (AvgIpc) is 2.76. The molecule has 2 amide bonds. The van der Waals surface area contributed by atoms with E-state index < -0.39 is 30.0 Å². The predicted octanol–water partition coefficient (Wildman–Crippen LogP) is 1.19. The first kappa shape index (κ1) is 14.3. The molecule has 1 aromatic rings. The van der Waals surface area contributed by atoms with Gasteiger partial charge in [-0.05, 0) is 24.6 Å². The largest absolute Gasteiger partial charge is 0.480 e. The molecule has 1 fully saturated rings. The van der Waals surface area contributed by atoms with Gasteiger partial charge in [-0.15, -0.1) is 0 Å². The Labute approximate surface area is 114 Å². The molecule has 2 rings (SSSR count). The van der Waals surface area contributed by atoms with Gasteiger partial charge < -0.3 is 20.4 Å². The third kappa shape index (κ3) is 2.88. The molecule has 2 atom stereocenters. The van der Waals surface area contributed by atoms with Gasteiger partial charge in [-0.2, -0.15) is 0 Å². The number of anilines is 1. The second-order valence-corrected chi connectivity index (χ2v) is 4.79. The number of carbonyl (C=O) groups excluding carboxylic acids is 1. The summed E-state index contributed by atoms with van der Waals surface area (Å²) in [5.41, 5.74) is 0.937. The van der Waals surface area contributed by atoms with E-state index in [2.05, 4.69) is 5.32 Å². The van der Waals surface area contributed by atoms with Crippen molar-refractivity contribution in [3.05, 3.63) is 29.6 Å². The normalized spacial score (nSPS) is 21.9. The summed E-state index contributed by atoms with van der Waals surface area (Å²) < 4.78 is 13.1. The van der Waals surface area contributed by atoms with E-state index >= 15 is 0 Å². The van der Waals surface area contributed by atoms with Gasteiger partial charge >= 0.3 is 12.0 Å². The molecule has 108 valence electrons. The van der Waals surface area contributed by atoms with Crippen LogP contribution in [0.5, 0.6) is 0 Å². The van der Waals surface area contributed by atoms with Crippen molar-refractivity contribution in [3.8, 4) is 0 Å². The van der Waals surface area contributed by atoms with E-state index in [9.17, 15) is 19.1 Å². The summed E-state index contributed by atoms with van der Waals surface area (Å²) in [6.45, 7) is 1.64. The molecule has 0 unspecified atom stereocenters. The summed E-state index contributed by atoms with van der Waals surface area (Å²) in [7, 11) is 0. The van der Waals surface area contributed by atoms with Crippen molar-refractivity contribution in [2.75, 3.05) is 11.9 Å². The molecule has 3 N–H and O–H groups in total. The van der Waals surface area contributed by atoms with Crippen LogP contribution in [0, 0.1) is 12.7 Å². The van der Waals surface area contributed by atoms with Crippen LogP contribution in [-0.2, 0) is 4.79 Å². The first-order valence-corrected chi connectivity index (χ1v) is 6.13. The van der Waals surface area contributed by atoms with Crippen LogP contribution in [0.3, 0.4) is 0 Å². The molecule has 0 aromatic heterocycles. The van der Waals surface area contributed by atoms with E-state index in [1.165, 1.54) is 12.1 Å². The van der Waals surface area contributed by atoms with Crippen molar-refractivity contribution in [1.82, 2.24) is 4.90 Å². The standard InChI is InChI=1S/C13H15FN2O4/c1-7-2-3-8(14)4-10(7)15-13(20)16-6-9(17)5-11(16)12(18)19/h2-4,9,11,17H,5-6H2,1H3,(H,15,20)(H,18,19)/t9-,11+/m1/s1. The quantitative estimate of drug-likeness (QED) is 0.760. The Balaban J connectivity index is 2.15. The van der Waals surface area contributed by atoms with E-state index in [1.54, 1.807) is 6.92 Å². The third-order valence-electron chi connectivity index (χ3n) is 3.27. The van der Waals surface area contributed by atoms with Crippen LogP contribution in [0.15, 0.2) is 18.2 Å². The van der Waals surface area contributed by atoms with Crippen LogP contribution in [0.1, 0.15) is 12.0 Å². The number of likely N-dealkylation sites (tertiary alicyclic amines) is 1. The minimum atomic E-state index is -1.17. The van der Waals surface area contributed by atoms with Gasteiger partial charge in [-0.25, -0.2) is 14.0 Å². The number of aliphatic hydroxyl groups excluding tert-OH is 1. The number of urea groups is 1. The van der Waals surface area contributed by atoms with Crippen LogP contribution < -0.4 is 5.32 Å². The van der Waals surface area contributed by atoms with Gasteiger partial charge in [-0.1, -0.05) is 6.07 Å². The first-order chi connectivity index (χ1) is 9.38. The second-order valence-electron chi connectivity index (χ2n) is 4.79. The molecule has 0 aliphatic carbocycles. The molecule has 1 saturated heterocycles. The first-order valence-electron chi connectivity index (χ1n) is 6.13. The highest BCUT2D eigenvalue weighted by Gasteiger charge is 2.39. The van der Waals surface area contributed by atoms with Crippen molar-refractivity contribution >= 4 is 17.7 Å². The maximum Gasteiger partial charge on any atom is 0.326 e. The minimum absolute atomic E-state index is 0.00904. The SMILES string of the molecule is Cc1ccc(F)cc1NC(=O)N1C[C@H](O)C[C@H]1C(=O)O. The fourth-order valence-electron chi connectivity index (χ4n) is 2.19. The number of nitrogens with zero attached hydrogens (tertiary/aromatic N) is 1. The predicted molar refractivity (Wildman–Crippen MR) is 68.9 cm³/mol. The zero-order valence-corrected chi connectivity index (χ0v) is 10.8. The third-order valence-corrected chi connectivity index (χ3v) is 3.27. The summed E-state index contributed by atoms with van der Waals surface area (Å²) >= 11 is 0. The summed E-state index contributed by atoms with van der Waals surface area (Å²) in [5, 5.41) is 21.0. The van der Waals surface area contributed by atoms with Crippen molar-refractivity contribution in [2.45, 2.75) is 25.5 Å². The molecule has 1 aliphatic heterocycles. The lowest BCUT2D eigenvalue weighted by Gasteiger charge is -2.22. The second kappa shape index (κ2) is 5.46. The fourth-order valence-corrected chi connectivity index (χ4v) is 2.19. The zero-order chi connectivity index (χ0) is 14.9. The lowest BCUT2D eigenvalue weighted by Crippen LogP contribution is -2.43. The topological polar surface area (TPSA) is 89.9 Å². The van der Waals surface area contributed by atoms with E-state index in [0.29, 0.717) is 5.56 Å². The lowest BCUT2D eigenvalue weighted by molar-refractivity contribution is -0.141. The number of aliphatic carboxylic acids is 1. The molecule has 7 heteroatoms. The van der Waals surface area contributed by atoms with Crippen LogP contribution in [0.25, 0.3) is 0 Å². The molecular weight excluding hydrogens is 267 g/mol. The molecule has 0 saturated carbocycles. The Hall–Kier alpha value is -2.15. The van der Waals surface area contributed by atoms with Gasteiger partial charge in [0.1, 0.15) is 11.9 Å². The molecule has 1 aliphatic rings. The fraction of sp³-hybridized carbons (Fsp3) is 0.385. The van der Waals surface area contributed by atoms with Gasteiger partial charge in [0.25, 0.3) is 0 Å². The number of β-amino-alcohol motifs (C(OH)–C–C–N with tert-alkyl or cyclic N) is 1. The Bertz CT molecular complexity index is 549. The zero-order valence-electron chi connectivity index (χ0n) is 10.8. The van der Waals surface area contributed by atoms with Crippen LogP contribution >= 0.6 is 0 Å². The van der Waals surface area contributed by atoms with E-state index in [1.807, 2.05) is 0 Å². The number of nitrogens with one attached hydrogen (secondary N) is 1. The Morgan fingerprint density at radius 3 is 2.80 bits per heavy atom. The molecule has 0 bridgehead atoms. The molecule has 6 nitrogen and oxygen atoms in total. The number of aliphatic hydroxyl groups is 1. The number of halogens is 1. The van der Waals surface area contributed by atoms with Crippen molar-refractivity contribution in [3.63, 3.8) is 0 Å². The highest BCUT2D eigenvalue weighted by molar-refractivity contribution is 5.93. The molecule has 20 heavy (non-hydrogen) atoms. The highest BCUT2D eigenvalue weighted by atomic mass is 19.1. The molecular formula is C13H15FN2O4. The number of carbonyl (C=O) groups is 2. The number of carboxylic acid groups (broad SMARTS) is 1. The lowest BCUT2D eigenvalue weighted by atomic mass is 10.2. The van der Waals surface area contributed by atoms with Gasteiger partial charge in [0.15, 0.2) is 0 Å². The number of hydrogen-bond acceptors (Lipinski definition) is 3. The average molecular weight is 282 g/mol. The molecule has 1 heterocycles. The Morgan fingerprint density at radius 2 is 2.15 bits per heavy atom. The van der Waals surface area contributed by atoms with E-state index in [-0.39, 0.29) is 18.7 Å². The van der Waals surface area contributed by atoms with Gasteiger partial charge in [0.2, 0.25) is 0 Å². The smallest absolute Gasteiger partial charge is 0.326 e. The van der Waals surface area contributed by atoms with Crippen LogP contribution in [0.2, 0.25) is 0 Å². The molecule has 0 spiro atoms. The maximum absolute atomic E-state index is 13.1. The maximum atomic E-state index is 13.1.